The summed E-state index contributed by atoms with van der Waals surface area (Å²) in [5.41, 5.74) is 11.9. The molecule has 5 nitrogen and oxygen atoms in total. The van der Waals surface area contributed by atoms with E-state index >= 15 is 0 Å². The monoisotopic (exact) mass is 468 g/mol. The third-order valence-corrected chi connectivity index (χ3v) is 9.57. The van der Waals surface area contributed by atoms with E-state index < -0.39 is 0 Å². The van der Waals surface area contributed by atoms with Crippen LogP contribution in [0.3, 0.4) is 0 Å². The summed E-state index contributed by atoms with van der Waals surface area (Å²) in [5, 5.41) is 3.15. The molecule has 3 aliphatic heterocycles. The maximum atomic E-state index is 12.9. The highest BCUT2D eigenvalue weighted by Gasteiger charge is 2.67. The van der Waals surface area contributed by atoms with Crippen molar-refractivity contribution in [2.75, 3.05) is 18.4 Å². The average molecular weight is 469 g/mol. The van der Waals surface area contributed by atoms with Gasteiger partial charge in [-0.1, -0.05) is 54.6 Å². The van der Waals surface area contributed by atoms with E-state index in [4.69, 9.17) is 0 Å². The molecule has 1 amide bonds. The van der Waals surface area contributed by atoms with E-state index in [0.29, 0.717) is 29.8 Å². The van der Waals surface area contributed by atoms with Gasteiger partial charge in [0.15, 0.2) is 0 Å². The lowest BCUT2D eigenvalue weighted by Crippen LogP contribution is -2.37. The van der Waals surface area contributed by atoms with Gasteiger partial charge in [0, 0.05) is 24.3 Å². The molecule has 2 aliphatic carbocycles. The highest BCUT2D eigenvalue weighted by atomic mass is 16.2. The smallest absolute Gasteiger partial charge is 0.235 e. The average Bonchev–Trinajstić information content (AvgIpc) is 3.13. The number of carbonyl (C=O) groups excluding carboxylic acids is 1. The minimum absolute atomic E-state index is 0.232. The lowest BCUT2D eigenvalue weighted by molar-refractivity contribution is -0.118. The Morgan fingerprint density at radius 2 is 1.83 bits per heavy atom. The summed E-state index contributed by atoms with van der Waals surface area (Å²) in [6, 6.07) is 18.3. The summed E-state index contributed by atoms with van der Waals surface area (Å²) >= 11 is 0. The Morgan fingerprint density at radius 3 is 2.69 bits per heavy atom. The van der Waals surface area contributed by atoms with Gasteiger partial charge in [-0.05, 0) is 92.1 Å². The number of hydrogen-bond donors (Lipinski definition) is 3. The zero-order valence-electron chi connectivity index (χ0n) is 20.4. The number of hydrogen-bond acceptors (Lipinski definition) is 4. The van der Waals surface area contributed by atoms with E-state index in [1.165, 1.54) is 55.5 Å². The lowest BCUT2D eigenvalue weighted by Gasteiger charge is -2.33. The molecule has 7 rings (SSSR count). The Hall–Kier alpha value is -2.47. The standard InChI is InChI=1S/C30H36N4O/c35-29-30(24-5-1-2-6-27(24)31-29)18-25(30)22-12-13-23-26(32-33-28(23)17-22)14-11-20-7-9-21(10-8-20)19-34-15-3-4-16-34/h1-2,5-11,14,22-23,25-26,28,32-33H,3-4,12-13,15-19H2,(H,31,35)/b14-11+/t22?,23?,25?,26?,28?,30-/m0/s1. The quantitative estimate of drug-likeness (QED) is 0.606. The van der Waals surface area contributed by atoms with E-state index in [-0.39, 0.29) is 11.3 Å². The summed E-state index contributed by atoms with van der Waals surface area (Å²) < 4.78 is 0. The van der Waals surface area contributed by atoms with E-state index in [1.807, 2.05) is 6.07 Å². The fraction of sp³-hybridized carbons (Fsp3) is 0.500. The number of rotatable bonds is 5. The van der Waals surface area contributed by atoms with Crippen LogP contribution in [0.1, 0.15) is 55.2 Å². The van der Waals surface area contributed by atoms with Crippen LogP contribution in [0.5, 0.6) is 0 Å². The molecule has 182 valence electrons. The number of hydrazine groups is 1. The summed E-state index contributed by atoms with van der Waals surface area (Å²) in [6.07, 6.45) is 11.9. The van der Waals surface area contributed by atoms with Crippen LogP contribution in [0.2, 0.25) is 0 Å². The molecule has 6 atom stereocenters. The first kappa shape index (κ1) is 21.8. The normalized spacial score (nSPS) is 36.0. The molecule has 5 heteroatoms. The molecule has 1 spiro atoms. The predicted molar refractivity (Wildman–Crippen MR) is 140 cm³/mol. The van der Waals surface area contributed by atoms with Gasteiger partial charge in [0.1, 0.15) is 0 Å². The fourth-order valence-electron chi connectivity index (χ4n) is 7.60. The Bertz CT molecular complexity index is 1140. The Morgan fingerprint density at radius 1 is 1.00 bits per heavy atom. The van der Waals surface area contributed by atoms with Gasteiger partial charge in [-0.3, -0.25) is 20.5 Å². The van der Waals surface area contributed by atoms with Crippen molar-refractivity contribution >= 4 is 17.7 Å². The van der Waals surface area contributed by atoms with Crippen LogP contribution in [0.25, 0.3) is 6.08 Å². The lowest BCUT2D eigenvalue weighted by atomic mass is 9.73. The molecule has 0 bridgehead atoms. The van der Waals surface area contributed by atoms with Crippen LogP contribution in [-0.4, -0.2) is 36.0 Å². The number of nitrogens with one attached hydrogen (secondary N) is 3. The molecule has 3 heterocycles. The predicted octanol–water partition coefficient (Wildman–Crippen LogP) is 4.47. The van der Waals surface area contributed by atoms with Crippen LogP contribution in [0.15, 0.2) is 54.6 Å². The maximum Gasteiger partial charge on any atom is 0.235 e. The second-order valence-corrected chi connectivity index (χ2v) is 11.5. The highest BCUT2D eigenvalue weighted by Crippen LogP contribution is 2.64. The largest absolute Gasteiger partial charge is 0.325 e. The molecule has 0 aromatic heterocycles. The number of amides is 1. The fourth-order valence-corrected chi connectivity index (χ4v) is 7.60. The van der Waals surface area contributed by atoms with Crippen LogP contribution in [-0.2, 0) is 16.8 Å². The SMILES string of the molecule is O=C1Nc2ccccc2[C@]12CC2C1CCC2C(/C=C/c3ccc(CN4CCCC4)cc3)NNC2C1. The second kappa shape index (κ2) is 8.58. The summed E-state index contributed by atoms with van der Waals surface area (Å²) in [6.45, 7) is 3.57. The van der Waals surface area contributed by atoms with Crippen molar-refractivity contribution < 1.29 is 4.79 Å². The molecule has 5 unspecified atom stereocenters. The minimum Gasteiger partial charge on any atom is -0.325 e. The van der Waals surface area contributed by atoms with Gasteiger partial charge in [0.25, 0.3) is 0 Å². The third kappa shape index (κ3) is 3.76. The zero-order valence-corrected chi connectivity index (χ0v) is 20.4. The van der Waals surface area contributed by atoms with Gasteiger partial charge in [-0.2, -0.15) is 0 Å². The van der Waals surface area contributed by atoms with Gasteiger partial charge in [-0.25, -0.2) is 0 Å². The summed E-state index contributed by atoms with van der Waals surface area (Å²) in [4.78, 5) is 15.5. The van der Waals surface area contributed by atoms with Crippen molar-refractivity contribution in [2.45, 2.75) is 62.6 Å². The topological polar surface area (TPSA) is 56.4 Å². The summed E-state index contributed by atoms with van der Waals surface area (Å²) in [7, 11) is 0. The van der Waals surface area contributed by atoms with Crippen molar-refractivity contribution in [3.8, 4) is 0 Å². The van der Waals surface area contributed by atoms with E-state index in [1.54, 1.807) is 0 Å². The van der Waals surface area contributed by atoms with E-state index in [0.717, 1.165) is 25.1 Å². The minimum atomic E-state index is -0.250. The van der Waals surface area contributed by atoms with Gasteiger partial charge in [-0.15, -0.1) is 0 Å². The van der Waals surface area contributed by atoms with Crippen LogP contribution in [0, 0.1) is 17.8 Å². The van der Waals surface area contributed by atoms with Crippen molar-refractivity contribution in [1.82, 2.24) is 15.8 Å². The number of carbonyl (C=O) groups is 1. The number of likely N-dealkylation sites (tertiary alicyclic amines) is 1. The molecule has 3 N–H and O–H groups in total. The van der Waals surface area contributed by atoms with E-state index in [9.17, 15) is 4.79 Å². The Kier molecular flexibility index (Phi) is 5.34. The van der Waals surface area contributed by atoms with Crippen LogP contribution in [0.4, 0.5) is 5.69 Å². The molecule has 2 saturated carbocycles. The molecule has 5 aliphatic rings. The molecule has 35 heavy (non-hydrogen) atoms. The van der Waals surface area contributed by atoms with Crippen LogP contribution < -0.4 is 16.2 Å². The first-order valence-electron chi connectivity index (χ1n) is 13.6. The van der Waals surface area contributed by atoms with Gasteiger partial charge >= 0.3 is 0 Å². The maximum absolute atomic E-state index is 12.9. The number of benzene rings is 2. The van der Waals surface area contributed by atoms with Crippen molar-refractivity contribution in [3.63, 3.8) is 0 Å². The number of para-hydroxylation sites is 1. The number of anilines is 1. The van der Waals surface area contributed by atoms with Gasteiger partial charge in [0.2, 0.25) is 5.91 Å². The van der Waals surface area contributed by atoms with E-state index in [2.05, 4.69) is 75.7 Å². The molecular weight excluding hydrogens is 432 g/mol. The van der Waals surface area contributed by atoms with Gasteiger partial charge in [0.05, 0.1) is 5.41 Å². The summed E-state index contributed by atoms with van der Waals surface area (Å²) in [5.74, 6) is 1.96. The zero-order chi connectivity index (χ0) is 23.4. The molecular formula is C30H36N4O. The first-order chi connectivity index (χ1) is 17.2. The Labute approximate surface area is 208 Å². The molecule has 4 fully saturated rings. The first-order valence-corrected chi connectivity index (χ1v) is 13.6. The van der Waals surface area contributed by atoms with Gasteiger partial charge < -0.3 is 5.32 Å². The second-order valence-electron chi connectivity index (χ2n) is 11.5. The van der Waals surface area contributed by atoms with Crippen molar-refractivity contribution in [2.24, 2.45) is 17.8 Å². The third-order valence-electron chi connectivity index (χ3n) is 9.57. The highest BCUT2D eigenvalue weighted by molar-refractivity contribution is 6.08. The number of nitrogens with zero attached hydrogens (tertiary/aromatic N) is 1. The molecule has 2 aromatic rings. The number of fused-ring (bicyclic) bond motifs is 3. The Balaban J connectivity index is 0.970. The molecule has 0 radical (unpaired) electrons. The van der Waals surface area contributed by atoms with Crippen LogP contribution >= 0.6 is 0 Å². The van der Waals surface area contributed by atoms with Crippen molar-refractivity contribution in [3.05, 3.63) is 71.3 Å². The molecule has 2 saturated heterocycles. The molecule has 2 aromatic carbocycles. The van der Waals surface area contributed by atoms with Crippen molar-refractivity contribution in [1.29, 1.82) is 0 Å².